The van der Waals surface area contributed by atoms with Crippen molar-refractivity contribution in [2.45, 2.75) is 26.4 Å². The summed E-state index contributed by atoms with van der Waals surface area (Å²) in [6.45, 7) is 2.28. The monoisotopic (exact) mass is 598 g/mol. The van der Waals surface area contributed by atoms with E-state index in [1.165, 1.54) is 6.07 Å². The Kier molecular flexibility index (Phi) is 9.32. The zero-order valence-corrected chi connectivity index (χ0v) is 25.3. The van der Waals surface area contributed by atoms with Crippen molar-refractivity contribution in [3.8, 4) is 11.5 Å². The van der Waals surface area contributed by atoms with Gasteiger partial charge in [-0.15, -0.1) is 0 Å². The summed E-state index contributed by atoms with van der Waals surface area (Å²) in [4.78, 5) is 24.1. The van der Waals surface area contributed by atoms with E-state index in [9.17, 15) is 13.2 Å². The third kappa shape index (κ3) is 6.80. The molecule has 0 atom stereocenters. The number of aromatic nitrogens is 3. The van der Waals surface area contributed by atoms with Crippen LogP contribution >= 0.6 is 0 Å². The number of anilines is 2. The van der Waals surface area contributed by atoms with Crippen LogP contribution in [0.3, 0.4) is 0 Å². The Morgan fingerprint density at radius 1 is 1.10 bits per heavy atom. The maximum absolute atomic E-state index is 15.6. The van der Waals surface area contributed by atoms with Gasteiger partial charge in [0.25, 0.3) is 5.91 Å². The fourth-order valence-corrected chi connectivity index (χ4v) is 5.14. The zero-order valence-electron chi connectivity index (χ0n) is 24.5. The highest BCUT2D eigenvalue weighted by Crippen LogP contribution is 2.33. The number of pyridine rings is 1. The van der Waals surface area contributed by atoms with Crippen LogP contribution in [0.15, 0.2) is 42.7 Å². The average molecular weight is 599 g/mol. The SMILES string of the molecule is CCc1cc(CNCS(C)(=O)=O)cc(F)c1N(C)c1cc2c(ncn2C)c(C(=O)NCc2ccc(OC)cc2OC)n1. The van der Waals surface area contributed by atoms with E-state index in [0.29, 0.717) is 51.6 Å². The van der Waals surface area contributed by atoms with Gasteiger partial charge in [0, 0.05) is 51.1 Å². The van der Waals surface area contributed by atoms with Crippen molar-refractivity contribution in [2.24, 2.45) is 7.05 Å². The normalized spacial score (nSPS) is 11.5. The van der Waals surface area contributed by atoms with E-state index < -0.39 is 21.6 Å². The molecule has 224 valence electrons. The quantitative estimate of drug-likeness (QED) is 0.252. The predicted octanol–water partition coefficient (Wildman–Crippen LogP) is 3.48. The van der Waals surface area contributed by atoms with Crippen LogP contribution in [-0.2, 0) is 36.4 Å². The van der Waals surface area contributed by atoms with Gasteiger partial charge in [0.15, 0.2) is 15.5 Å². The summed E-state index contributed by atoms with van der Waals surface area (Å²) >= 11 is 0. The molecule has 0 radical (unpaired) electrons. The topological polar surface area (TPSA) is 128 Å². The Labute approximate surface area is 244 Å². The second-order valence-electron chi connectivity index (χ2n) is 9.91. The second kappa shape index (κ2) is 12.7. The summed E-state index contributed by atoms with van der Waals surface area (Å²) in [5, 5.41) is 5.72. The average Bonchev–Trinajstić information content (AvgIpc) is 3.34. The molecule has 2 aromatic heterocycles. The highest BCUT2D eigenvalue weighted by molar-refractivity contribution is 7.90. The number of benzene rings is 2. The Balaban J connectivity index is 1.66. The number of hydrogen-bond donors (Lipinski definition) is 2. The fourth-order valence-electron chi connectivity index (χ4n) is 4.66. The van der Waals surface area contributed by atoms with Gasteiger partial charge in [-0.3, -0.25) is 10.1 Å². The molecule has 13 heteroatoms. The predicted molar refractivity (Wildman–Crippen MR) is 160 cm³/mol. The summed E-state index contributed by atoms with van der Waals surface area (Å²) in [5.74, 6) is 0.410. The first kappa shape index (κ1) is 30.7. The van der Waals surface area contributed by atoms with Crippen LogP contribution in [0.1, 0.15) is 34.1 Å². The Morgan fingerprint density at radius 2 is 1.86 bits per heavy atom. The van der Waals surface area contributed by atoms with Crippen LogP contribution in [0.25, 0.3) is 11.0 Å². The van der Waals surface area contributed by atoms with Crippen molar-refractivity contribution >= 4 is 38.3 Å². The molecule has 0 saturated carbocycles. The van der Waals surface area contributed by atoms with Gasteiger partial charge >= 0.3 is 0 Å². The maximum Gasteiger partial charge on any atom is 0.272 e. The van der Waals surface area contributed by atoms with Gasteiger partial charge in [-0.1, -0.05) is 13.0 Å². The minimum atomic E-state index is -3.20. The molecule has 0 unspecified atom stereocenters. The number of halogens is 1. The zero-order chi connectivity index (χ0) is 30.6. The molecule has 0 fully saturated rings. The van der Waals surface area contributed by atoms with Gasteiger partial charge in [0.2, 0.25) is 0 Å². The third-order valence-corrected chi connectivity index (χ3v) is 7.53. The number of aryl methyl sites for hydroxylation is 2. The Hall–Kier alpha value is -4.23. The molecule has 0 spiro atoms. The molecule has 42 heavy (non-hydrogen) atoms. The number of ether oxygens (including phenoxy) is 2. The van der Waals surface area contributed by atoms with Gasteiger partial charge in [0.1, 0.15) is 28.7 Å². The molecule has 1 amide bonds. The third-order valence-electron chi connectivity index (χ3n) is 6.80. The Morgan fingerprint density at radius 3 is 2.52 bits per heavy atom. The van der Waals surface area contributed by atoms with E-state index >= 15 is 4.39 Å². The highest BCUT2D eigenvalue weighted by atomic mass is 32.2. The number of carbonyl (C=O) groups excluding carboxylic acids is 1. The summed E-state index contributed by atoms with van der Waals surface area (Å²) in [6, 6.07) is 10.3. The lowest BCUT2D eigenvalue weighted by atomic mass is 10.0. The standard InChI is InChI=1S/C29H35FN6O5S/c1-7-19-10-18(14-31-17-42(6,38)39)11-22(30)28(19)36(3)25-13-23-26(33-16-35(23)2)27(34-25)29(37)32-15-20-8-9-21(40-4)12-24(20)41-5/h8-13,16,31H,7,14-15,17H2,1-6H3,(H,32,37). The first-order valence-electron chi connectivity index (χ1n) is 13.2. The van der Waals surface area contributed by atoms with Crippen LogP contribution in [0.5, 0.6) is 11.5 Å². The summed E-state index contributed by atoms with van der Waals surface area (Å²) in [5.41, 5.74) is 3.55. The maximum atomic E-state index is 15.6. The minimum Gasteiger partial charge on any atom is -0.497 e. The molecule has 4 aromatic rings. The lowest BCUT2D eigenvalue weighted by molar-refractivity contribution is 0.0947. The number of carbonyl (C=O) groups is 1. The minimum absolute atomic E-state index is 0.0995. The van der Waals surface area contributed by atoms with Gasteiger partial charge < -0.3 is 24.3 Å². The van der Waals surface area contributed by atoms with Crippen LogP contribution in [0.4, 0.5) is 15.9 Å². The van der Waals surface area contributed by atoms with Crippen molar-refractivity contribution in [1.29, 1.82) is 0 Å². The number of rotatable bonds is 12. The van der Waals surface area contributed by atoms with Crippen LogP contribution in [-0.4, -0.2) is 62.3 Å². The molecule has 0 aliphatic carbocycles. The molecule has 11 nitrogen and oxygen atoms in total. The van der Waals surface area contributed by atoms with E-state index in [4.69, 9.17) is 9.47 Å². The molecular formula is C29H35FN6O5S. The van der Waals surface area contributed by atoms with E-state index in [-0.39, 0.29) is 24.7 Å². The second-order valence-corrected chi connectivity index (χ2v) is 12.0. The molecule has 2 N–H and O–H groups in total. The van der Waals surface area contributed by atoms with Crippen molar-refractivity contribution < 1.29 is 27.1 Å². The van der Waals surface area contributed by atoms with Gasteiger partial charge in [-0.2, -0.15) is 0 Å². The molecule has 0 saturated heterocycles. The van der Waals surface area contributed by atoms with E-state index in [1.807, 2.05) is 13.0 Å². The molecule has 0 bridgehead atoms. The summed E-state index contributed by atoms with van der Waals surface area (Å²) in [7, 11) is 3.39. The largest absolute Gasteiger partial charge is 0.497 e. The van der Waals surface area contributed by atoms with Crippen LogP contribution in [0.2, 0.25) is 0 Å². The van der Waals surface area contributed by atoms with Gasteiger partial charge in [-0.05, 0) is 35.7 Å². The lowest BCUT2D eigenvalue weighted by Gasteiger charge is -2.24. The first-order valence-corrected chi connectivity index (χ1v) is 15.3. The lowest BCUT2D eigenvalue weighted by Crippen LogP contribution is -2.26. The number of fused-ring (bicyclic) bond motifs is 1. The number of nitrogens with zero attached hydrogens (tertiary/aromatic N) is 4. The number of nitrogens with one attached hydrogen (secondary N) is 2. The van der Waals surface area contributed by atoms with E-state index in [1.54, 1.807) is 68.4 Å². The van der Waals surface area contributed by atoms with Gasteiger partial charge in [0.05, 0.1) is 37.6 Å². The molecule has 0 aliphatic rings. The van der Waals surface area contributed by atoms with E-state index in [0.717, 1.165) is 11.8 Å². The van der Waals surface area contributed by atoms with Gasteiger partial charge in [-0.25, -0.2) is 22.8 Å². The molecule has 0 aliphatic heterocycles. The number of imidazole rings is 1. The summed E-state index contributed by atoms with van der Waals surface area (Å²) in [6.07, 6.45) is 3.24. The van der Waals surface area contributed by atoms with Crippen molar-refractivity contribution in [3.63, 3.8) is 0 Å². The van der Waals surface area contributed by atoms with E-state index in [2.05, 4.69) is 20.6 Å². The van der Waals surface area contributed by atoms with Crippen LogP contribution < -0.4 is 25.0 Å². The summed E-state index contributed by atoms with van der Waals surface area (Å²) < 4.78 is 51.0. The van der Waals surface area contributed by atoms with Crippen molar-refractivity contribution in [2.75, 3.05) is 38.3 Å². The molecule has 2 aromatic carbocycles. The van der Waals surface area contributed by atoms with Crippen molar-refractivity contribution in [3.05, 3.63) is 70.9 Å². The Bertz CT molecular complexity index is 1720. The number of methoxy groups -OCH3 is 2. The number of sulfone groups is 1. The fraction of sp³-hybridized carbons (Fsp3) is 0.345. The molecule has 4 rings (SSSR count). The molecule has 2 heterocycles. The smallest absolute Gasteiger partial charge is 0.272 e. The number of hydrogen-bond acceptors (Lipinski definition) is 9. The van der Waals surface area contributed by atoms with Crippen molar-refractivity contribution in [1.82, 2.24) is 25.2 Å². The van der Waals surface area contributed by atoms with Crippen LogP contribution in [0, 0.1) is 5.82 Å². The molecular weight excluding hydrogens is 563 g/mol. The first-order chi connectivity index (χ1) is 19.9. The number of amides is 1. The highest BCUT2D eigenvalue weighted by Gasteiger charge is 2.22.